The van der Waals surface area contributed by atoms with Gasteiger partial charge in [-0.05, 0) is 37.6 Å². The number of rotatable bonds is 7. The van der Waals surface area contributed by atoms with Gasteiger partial charge < -0.3 is 20.6 Å². The van der Waals surface area contributed by atoms with Crippen molar-refractivity contribution in [2.24, 2.45) is 0 Å². The van der Waals surface area contributed by atoms with Crippen LogP contribution in [0.5, 0.6) is 0 Å². The van der Waals surface area contributed by atoms with Crippen LogP contribution in [0.2, 0.25) is 0 Å². The molecule has 0 aliphatic carbocycles. The van der Waals surface area contributed by atoms with Crippen LogP contribution >= 0.6 is 0 Å². The highest BCUT2D eigenvalue weighted by molar-refractivity contribution is 5.98. The summed E-state index contributed by atoms with van der Waals surface area (Å²) in [6, 6.07) is 15.2. The number of nitrogens with zero attached hydrogens (tertiary/aromatic N) is 1. The Morgan fingerprint density at radius 2 is 1.74 bits per heavy atom. The van der Waals surface area contributed by atoms with Gasteiger partial charge >= 0.3 is 12.0 Å². The van der Waals surface area contributed by atoms with E-state index in [1.165, 1.54) is 11.0 Å². The second-order valence-electron chi connectivity index (χ2n) is 6.37. The van der Waals surface area contributed by atoms with Gasteiger partial charge in [-0.1, -0.05) is 36.4 Å². The van der Waals surface area contributed by atoms with Crippen molar-refractivity contribution >= 4 is 23.6 Å². The topological polar surface area (TPSA) is 98.7 Å². The van der Waals surface area contributed by atoms with Crippen LogP contribution < -0.4 is 10.6 Å². The largest absolute Gasteiger partial charge is 0.480 e. The van der Waals surface area contributed by atoms with Crippen molar-refractivity contribution in [2.45, 2.75) is 26.4 Å². The van der Waals surface area contributed by atoms with Gasteiger partial charge in [-0.3, -0.25) is 9.59 Å². The second kappa shape index (κ2) is 9.38. The van der Waals surface area contributed by atoms with Crippen molar-refractivity contribution in [1.82, 2.24) is 10.2 Å². The lowest BCUT2D eigenvalue weighted by atomic mass is 10.1. The van der Waals surface area contributed by atoms with Crippen LogP contribution in [0.15, 0.2) is 54.6 Å². The number of carboxylic acids is 1. The first kappa shape index (κ1) is 20.0. The van der Waals surface area contributed by atoms with Gasteiger partial charge in [0.25, 0.3) is 5.91 Å². The fourth-order valence-corrected chi connectivity index (χ4v) is 2.51. The van der Waals surface area contributed by atoms with E-state index in [9.17, 15) is 14.4 Å². The molecular weight excluding hydrogens is 346 g/mol. The molecule has 0 aliphatic heterocycles. The highest BCUT2D eigenvalue weighted by Gasteiger charge is 2.19. The van der Waals surface area contributed by atoms with Gasteiger partial charge in [0, 0.05) is 23.8 Å². The molecule has 2 aromatic carbocycles. The Morgan fingerprint density at radius 1 is 1.04 bits per heavy atom. The Bertz CT molecular complexity index is 806. The fraction of sp³-hybridized carbons (Fsp3) is 0.250. The molecule has 3 N–H and O–H groups in total. The third kappa shape index (κ3) is 6.47. The molecule has 142 valence electrons. The van der Waals surface area contributed by atoms with Crippen molar-refractivity contribution < 1.29 is 19.5 Å². The molecule has 0 radical (unpaired) electrons. The molecular formula is C20H23N3O4. The maximum atomic E-state index is 12.8. The highest BCUT2D eigenvalue weighted by Crippen LogP contribution is 2.15. The molecule has 7 nitrogen and oxygen atoms in total. The van der Waals surface area contributed by atoms with Gasteiger partial charge in [0.2, 0.25) is 0 Å². The molecule has 0 unspecified atom stereocenters. The molecule has 0 atom stereocenters. The molecule has 0 saturated carbocycles. The first-order chi connectivity index (χ1) is 12.8. The Hall–Kier alpha value is -3.35. The minimum Gasteiger partial charge on any atom is -0.480 e. The number of nitrogens with one attached hydrogen (secondary N) is 2. The van der Waals surface area contributed by atoms with Crippen LogP contribution in [-0.4, -0.2) is 40.5 Å². The molecule has 3 amide bonds. The molecule has 0 bridgehead atoms. The zero-order valence-corrected chi connectivity index (χ0v) is 15.3. The summed E-state index contributed by atoms with van der Waals surface area (Å²) in [5.74, 6) is -1.51. The predicted molar refractivity (Wildman–Crippen MR) is 103 cm³/mol. The van der Waals surface area contributed by atoms with Crippen LogP contribution in [-0.2, 0) is 11.3 Å². The molecule has 0 aliphatic rings. The average Bonchev–Trinajstić information content (AvgIpc) is 2.60. The van der Waals surface area contributed by atoms with Crippen LogP contribution in [0.3, 0.4) is 0 Å². The van der Waals surface area contributed by atoms with Gasteiger partial charge in [-0.15, -0.1) is 0 Å². The predicted octanol–water partition coefficient (Wildman–Crippen LogP) is 2.94. The van der Waals surface area contributed by atoms with Crippen molar-refractivity contribution in [3.05, 3.63) is 65.7 Å². The lowest BCUT2D eigenvalue weighted by Crippen LogP contribution is -2.35. The van der Waals surface area contributed by atoms with E-state index in [4.69, 9.17) is 5.11 Å². The molecule has 0 spiro atoms. The summed E-state index contributed by atoms with van der Waals surface area (Å²) in [4.78, 5) is 37.1. The van der Waals surface area contributed by atoms with Crippen molar-refractivity contribution in [3.63, 3.8) is 0 Å². The third-order valence-electron chi connectivity index (χ3n) is 3.62. The summed E-state index contributed by atoms with van der Waals surface area (Å²) in [5, 5.41) is 14.5. The second-order valence-corrected chi connectivity index (χ2v) is 6.37. The smallest absolute Gasteiger partial charge is 0.323 e. The minimum absolute atomic E-state index is 0.0215. The number of amides is 3. The number of hydrogen-bond donors (Lipinski definition) is 3. The summed E-state index contributed by atoms with van der Waals surface area (Å²) in [5.41, 5.74) is 1.58. The molecule has 7 heteroatoms. The maximum absolute atomic E-state index is 12.8. The zero-order chi connectivity index (χ0) is 19.8. The molecule has 0 heterocycles. The van der Waals surface area contributed by atoms with E-state index < -0.39 is 18.4 Å². The lowest BCUT2D eigenvalue weighted by Gasteiger charge is -2.21. The number of carboxylic acid groups (broad SMARTS) is 1. The van der Waals surface area contributed by atoms with E-state index in [1.54, 1.807) is 18.2 Å². The van der Waals surface area contributed by atoms with Gasteiger partial charge in [0.15, 0.2) is 0 Å². The SMILES string of the molecule is CC(C)NC(=O)Nc1cccc(C(=O)N(CC(=O)O)Cc2ccccc2)c1. The van der Waals surface area contributed by atoms with Crippen LogP contribution in [0.4, 0.5) is 10.5 Å². The molecule has 0 saturated heterocycles. The van der Waals surface area contributed by atoms with Crippen molar-refractivity contribution in [3.8, 4) is 0 Å². The lowest BCUT2D eigenvalue weighted by molar-refractivity contribution is -0.137. The monoisotopic (exact) mass is 369 g/mol. The highest BCUT2D eigenvalue weighted by atomic mass is 16.4. The summed E-state index contributed by atoms with van der Waals surface area (Å²) >= 11 is 0. The van der Waals surface area contributed by atoms with E-state index >= 15 is 0 Å². The molecule has 0 fully saturated rings. The van der Waals surface area contributed by atoms with Crippen LogP contribution in [0.1, 0.15) is 29.8 Å². The number of urea groups is 1. The van der Waals surface area contributed by atoms with Gasteiger partial charge in [-0.25, -0.2) is 4.79 Å². The van der Waals surface area contributed by atoms with E-state index in [0.29, 0.717) is 11.3 Å². The normalized spacial score (nSPS) is 10.3. The van der Waals surface area contributed by atoms with Crippen molar-refractivity contribution in [2.75, 3.05) is 11.9 Å². The Balaban J connectivity index is 2.17. The molecule has 2 aromatic rings. The van der Waals surface area contributed by atoms with E-state index in [1.807, 2.05) is 44.2 Å². The zero-order valence-electron chi connectivity index (χ0n) is 15.3. The number of carbonyl (C=O) groups excluding carboxylic acids is 2. The molecule has 27 heavy (non-hydrogen) atoms. The van der Waals surface area contributed by atoms with Crippen LogP contribution in [0, 0.1) is 0 Å². The summed E-state index contributed by atoms with van der Waals surface area (Å²) in [6.07, 6.45) is 0. The van der Waals surface area contributed by atoms with Gasteiger partial charge in [-0.2, -0.15) is 0 Å². The third-order valence-corrected chi connectivity index (χ3v) is 3.62. The summed E-state index contributed by atoms with van der Waals surface area (Å²) < 4.78 is 0. The standard InChI is InChI=1S/C20H23N3O4/c1-14(2)21-20(27)22-17-10-6-9-16(11-17)19(26)23(13-18(24)25)12-15-7-4-3-5-8-15/h3-11,14H,12-13H2,1-2H3,(H,24,25)(H2,21,22,27). The number of aliphatic carboxylic acids is 1. The first-order valence-electron chi connectivity index (χ1n) is 8.57. The fourth-order valence-electron chi connectivity index (χ4n) is 2.51. The average molecular weight is 369 g/mol. The Labute approximate surface area is 158 Å². The number of carbonyl (C=O) groups is 3. The summed E-state index contributed by atoms with van der Waals surface area (Å²) in [6.45, 7) is 3.44. The van der Waals surface area contributed by atoms with Crippen LogP contribution in [0.25, 0.3) is 0 Å². The number of benzene rings is 2. The van der Waals surface area contributed by atoms with E-state index in [-0.39, 0.29) is 18.6 Å². The van der Waals surface area contributed by atoms with Gasteiger partial charge in [0.1, 0.15) is 6.54 Å². The summed E-state index contributed by atoms with van der Waals surface area (Å²) in [7, 11) is 0. The minimum atomic E-state index is -1.09. The van der Waals surface area contributed by atoms with Crippen molar-refractivity contribution in [1.29, 1.82) is 0 Å². The van der Waals surface area contributed by atoms with Gasteiger partial charge in [0.05, 0.1) is 0 Å². The van der Waals surface area contributed by atoms with E-state index in [0.717, 1.165) is 5.56 Å². The first-order valence-corrected chi connectivity index (χ1v) is 8.57. The number of hydrogen-bond acceptors (Lipinski definition) is 3. The molecule has 2 rings (SSSR count). The molecule has 0 aromatic heterocycles. The maximum Gasteiger partial charge on any atom is 0.323 e. The Kier molecular flexibility index (Phi) is 6.93. The number of anilines is 1. The van der Waals surface area contributed by atoms with E-state index in [2.05, 4.69) is 10.6 Å². The Morgan fingerprint density at radius 3 is 2.37 bits per heavy atom. The quantitative estimate of drug-likeness (QED) is 0.699.